The van der Waals surface area contributed by atoms with Gasteiger partial charge in [-0.3, -0.25) is 0 Å². The summed E-state index contributed by atoms with van der Waals surface area (Å²) in [5.41, 5.74) is 3.94. The zero-order valence-electron chi connectivity index (χ0n) is 12.5. The van der Waals surface area contributed by atoms with E-state index in [0.29, 0.717) is 0 Å². The van der Waals surface area contributed by atoms with E-state index in [4.69, 9.17) is 14.5 Å². The van der Waals surface area contributed by atoms with Crippen LogP contribution in [0.5, 0.6) is 11.5 Å². The van der Waals surface area contributed by atoms with Gasteiger partial charge in [0.05, 0.1) is 11.4 Å². The summed E-state index contributed by atoms with van der Waals surface area (Å²) in [6.07, 6.45) is 0. The van der Waals surface area contributed by atoms with Crippen molar-refractivity contribution in [2.45, 2.75) is 0 Å². The highest BCUT2D eigenvalue weighted by molar-refractivity contribution is 6.13. The van der Waals surface area contributed by atoms with Gasteiger partial charge in [0.1, 0.15) is 0 Å². The van der Waals surface area contributed by atoms with Gasteiger partial charge in [-0.2, -0.15) is 0 Å². The Bertz CT molecular complexity index is 801. The lowest BCUT2D eigenvalue weighted by Gasteiger charge is -2.08. The third-order valence-corrected chi connectivity index (χ3v) is 3.69. The van der Waals surface area contributed by atoms with Gasteiger partial charge in [-0.25, -0.2) is 4.99 Å². The standard InChI is InChI=1S/C20H15NO2/c1-3-7-15(8-4-1)20(16-9-5-2-6-10-16)21-17-11-12-18-19(13-17)23-14-22-18/h1-13H,14H2. The predicted octanol–water partition coefficient (Wildman–Crippen LogP) is 4.58. The van der Waals surface area contributed by atoms with Gasteiger partial charge >= 0.3 is 0 Å². The lowest BCUT2D eigenvalue weighted by Crippen LogP contribution is -2.02. The van der Waals surface area contributed by atoms with Crippen molar-refractivity contribution in [3.8, 4) is 11.5 Å². The highest BCUT2D eigenvalue weighted by Crippen LogP contribution is 2.35. The van der Waals surface area contributed by atoms with E-state index in [9.17, 15) is 0 Å². The Labute approximate surface area is 134 Å². The van der Waals surface area contributed by atoms with Crippen LogP contribution in [0.25, 0.3) is 0 Å². The number of aliphatic imine (C=N–C) groups is 1. The molecule has 1 aliphatic rings. The smallest absolute Gasteiger partial charge is 0.231 e. The summed E-state index contributed by atoms with van der Waals surface area (Å²) >= 11 is 0. The van der Waals surface area contributed by atoms with Crippen LogP contribution in [0.2, 0.25) is 0 Å². The maximum Gasteiger partial charge on any atom is 0.231 e. The molecule has 0 atom stereocenters. The second-order valence-corrected chi connectivity index (χ2v) is 5.23. The Kier molecular flexibility index (Phi) is 3.53. The summed E-state index contributed by atoms with van der Waals surface area (Å²) in [4.78, 5) is 4.86. The minimum atomic E-state index is 0.271. The van der Waals surface area contributed by atoms with Crippen molar-refractivity contribution in [2.24, 2.45) is 4.99 Å². The fraction of sp³-hybridized carbons (Fsp3) is 0.0500. The van der Waals surface area contributed by atoms with E-state index in [-0.39, 0.29) is 6.79 Å². The van der Waals surface area contributed by atoms with E-state index in [2.05, 4.69) is 24.3 Å². The summed E-state index contributed by atoms with van der Waals surface area (Å²) in [5.74, 6) is 1.51. The summed E-state index contributed by atoms with van der Waals surface area (Å²) in [6, 6.07) is 26.1. The van der Waals surface area contributed by atoms with Gasteiger partial charge in [-0.1, -0.05) is 60.7 Å². The van der Waals surface area contributed by atoms with Gasteiger partial charge in [0.15, 0.2) is 11.5 Å². The summed E-state index contributed by atoms with van der Waals surface area (Å²) in [5, 5.41) is 0. The van der Waals surface area contributed by atoms with E-state index < -0.39 is 0 Å². The predicted molar refractivity (Wildman–Crippen MR) is 90.7 cm³/mol. The molecule has 3 aromatic carbocycles. The molecule has 0 aromatic heterocycles. The van der Waals surface area contributed by atoms with Gasteiger partial charge in [0.2, 0.25) is 6.79 Å². The van der Waals surface area contributed by atoms with Crippen LogP contribution in [0, 0.1) is 0 Å². The number of nitrogens with zero attached hydrogens (tertiary/aromatic N) is 1. The fourth-order valence-corrected chi connectivity index (χ4v) is 2.57. The van der Waals surface area contributed by atoms with Crippen LogP contribution < -0.4 is 9.47 Å². The Morgan fingerprint density at radius 1 is 0.696 bits per heavy atom. The van der Waals surface area contributed by atoms with Gasteiger partial charge in [-0.05, 0) is 12.1 Å². The lowest BCUT2D eigenvalue weighted by atomic mass is 10.0. The Morgan fingerprint density at radius 2 is 1.30 bits per heavy atom. The molecule has 0 bridgehead atoms. The van der Waals surface area contributed by atoms with Crippen molar-refractivity contribution in [3.63, 3.8) is 0 Å². The third kappa shape index (κ3) is 2.81. The van der Waals surface area contributed by atoms with E-state index in [1.54, 1.807) is 0 Å². The van der Waals surface area contributed by atoms with Crippen molar-refractivity contribution < 1.29 is 9.47 Å². The summed E-state index contributed by atoms with van der Waals surface area (Å²) < 4.78 is 10.8. The molecule has 0 saturated carbocycles. The first-order valence-electron chi connectivity index (χ1n) is 7.49. The molecule has 4 rings (SSSR count). The SMILES string of the molecule is c1ccc(C(=Nc2ccc3c(c2)OCO3)c2ccccc2)cc1. The molecule has 3 nitrogen and oxygen atoms in total. The molecule has 112 valence electrons. The molecule has 0 saturated heterocycles. The molecule has 1 heterocycles. The second-order valence-electron chi connectivity index (χ2n) is 5.23. The number of ether oxygens (including phenoxy) is 2. The van der Waals surface area contributed by atoms with Crippen molar-refractivity contribution in [1.29, 1.82) is 0 Å². The van der Waals surface area contributed by atoms with E-state index in [0.717, 1.165) is 34.0 Å². The lowest BCUT2D eigenvalue weighted by molar-refractivity contribution is 0.174. The van der Waals surface area contributed by atoms with Crippen LogP contribution in [0.3, 0.4) is 0 Å². The van der Waals surface area contributed by atoms with E-state index in [1.807, 2.05) is 54.6 Å². The normalized spacial score (nSPS) is 12.0. The number of benzene rings is 3. The van der Waals surface area contributed by atoms with Crippen LogP contribution in [-0.2, 0) is 0 Å². The Morgan fingerprint density at radius 3 is 1.96 bits per heavy atom. The summed E-state index contributed by atoms with van der Waals surface area (Å²) in [6.45, 7) is 0.271. The zero-order chi connectivity index (χ0) is 15.5. The molecule has 3 aromatic rings. The Balaban J connectivity index is 1.82. The van der Waals surface area contributed by atoms with E-state index in [1.165, 1.54) is 0 Å². The first-order chi connectivity index (χ1) is 11.4. The Hall–Kier alpha value is -3.07. The van der Waals surface area contributed by atoms with E-state index >= 15 is 0 Å². The number of fused-ring (bicyclic) bond motifs is 1. The molecule has 1 aliphatic heterocycles. The van der Waals surface area contributed by atoms with Crippen LogP contribution in [-0.4, -0.2) is 12.5 Å². The van der Waals surface area contributed by atoms with Crippen LogP contribution in [0.15, 0.2) is 83.9 Å². The first-order valence-corrected chi connectivity index (χ1v) is 7.49. The highest BCUT2D eigenvalue weighted by Gasteiger charge is 2.14. The number of hydrogen-bond donors (Lipinski definition) is 0. The highest BCUT2D eigenvalue weighted by atomic mass is 16.7. The minimum Gasteiger partial charge on any atom is -0.454 e. The molecular weight excluding hydrogens is 286 g/mol. The maximum atomic E-state index is 5.44. The zero-order valence-corrected chi connectivity index (χ0v) is 12.5. The molecule has 0 amide bonds. The largest absolute Gasteiger partial charge is 0.454 e. The monoisotopic (exact) mass is 301 g/mol. The molecule has 3 heteroatoms. The molecule has 0 aliphatic carbocycles. The van der Waals surface area contributed by atoms with Gasteiger partial charge < -0.3 is 9.47 Å². The number of rotatable bonds is 3. The van der Waals surface area contributed by atoms with Crippen molar-refractivity contribution in [3.05, 3.63) is 90.0 Å². The minimum absolute atomic E-state index is 0.271. The molecule has 0 unspecified atom stereocenters. The third-order valence-electron chi connectivity index (χ3n) is 3.69. The quantitative estimate of drug-likeness (QED) is 0.663. The molecule has 0 fully saturated rings. The van der Waals surface area contributed by atoms with Gasteiger partial charge in [0.25, 0.3) is 0 Å². The maximum absolute atomic E-state index is 5.44. The van der Waals surface area contributed by atoms with Crippen LogP contribution >= 0.6 is 0 Å². The average molecular weight is 301 g/mol. The second kappa shape index (κ2) is 5.97. The molecule has 0 radical (unpaired) electrons. The first kappa shape index (κ1) is 13.6. The average Bonchev–Trinajstić information content (AvgIpc) is 3.09. The summed E-state index contributed by atoms with van der Waals surface area (Å²) in [7, 11) is 0. The molecule has 0 spiro atoms. The molecular formula is C20H15NO2. The fourth-order valence-electron chi connectivity index (χ4n) is 2.57. The van der Waals surface area contributed by atoms with Crippen LogP contribution in [0.1, 0.15) is 11.1 Å². The van der Waals surface area contributed by atoms with Crippen LogP contribution in [0.4, 0.5) is 5.69 Å². The van der Waals surface area contributed by atoms with Gasteiger partial charge in [-0.15, -0.1) is 0 Å². The van der Waals surface area contributed by atoms with Gasteiger partial charge in [0, 0.05) is 17.2 Å². The topological polar surface area (TPSA) is 30.8 Å². The van der Waals surface area contributed by atoms with Crippen molar-refractivity contribution in [2.75, 3.05) is 6.79 Å². The molecule has 23 heavy (non-hydrogen) atoms. The van der Waals surface area contributed by atoms with Crippen molar-refractivity contribution in [1.82, 2.24) is 0 Å². The number of hydrogen-bond acceptors (Lipinski definition) is 3. The molecule has 0 N–H and O–H groups in total. The van der Waals surface area contributed by atoms with Crippen molar-refractivity contribution >= 4 is 11.4 Å².